The van der Waals surface area contributed by atoms with Crippen LogP contribution in [0.2, 0.25) is 0 Å². The van der Waals surface area contributed by atoms with Crippen molar-refractivity contribution in [2.24, 2.45) is 5.92 Å². The van der Waals surface area contributed by atoms with Crippen molar-refractivity contribution >= 4 is 12.2 Å². The Hall–Kier alpha value is -0.860. The largest absolute Gasteiger partial charge is 0.359 e. The molecule has 3 nitrogen and oxygen atoms in total. The summed E-state index contributed by atoms with van der Waals surface area (Å²) in [7, 11) is 0. The summed E-state index contributed by atoms with van der Waals surface area (Å²) < 4.78 is 0. The minimum absolute atomic E-state index is 0.199. The molecule has 0 bridgehead atoms. The van der Waals surface area contributed by atoms with Crippen molar-refractivity contribution in [1.29, 1.82) is 0 Å². The summed E-state index contributed by atoms with van der Waals surface area (Å²) in [6, 6.07) is 0. The van der Waals surface area contributed by atoms with Crippen molar-refractivity contribution in [3.8, 4) is 0 Å². The van der Waals surface area contributed by atoms with Crippen LogP contribution in [0.15, 0.2) is 0 Å². The molecule has 0 spiro atoms. The lowest BCUT2D eigenvalue weighted by molar-refractivity contribution is -0.122. The van der Waals surface area contributed by atoms with E-state index in [2.05, 4.69) is 5.32 Å². The normalized spacial score (nSPS) is 10.6. The van der Waals surface area contributed by atoms with Gasteiger partial charge in [0.25, 0.3) is 0 Å². The number of rotatable bonds is 13. The number of ketones is 1. The molecule has 0 fully saturated rings. The van der Waals surface area contributed by atoms with E-state index in [0.29, 0.717) is 5.78 Å². The Balaban J connectivity index is 3.07. The third kappa shape index (κ3) is 11.6. The standard InChI is InChI=1S/C15H29NO2/c1-14(2)15(18)11-9-7-5-3-4-6-8-10-12-16-13-17/h13-14H,3-12H2,1-2H3,(H,16,17). The highest BCUT2D eigenvalue weighted by atomic mass is 16.1. The number of amides is 1. The maximum absolute atomic E-state index is 11.4. The van der Waals surface area contributed by atoms with Crippen molar-refractivity contribution < 1.29 is 9.59 Å². The van der Waals surface area contributed by atoms with Crippen LogP contribution in [-0.4, -0.2) is 18.7 Å². The topological polar surface area (TPSA) is 46.2 Å². The molecule has 0 atom stereocenters. The highest BCUT2D eigenvalue weighted by Crippen LogP contribution is 2.11. The molecule has 106 valence electrons. The molecule has 0 aliphatic heterocycles. The molecule has 0 unspecified atom stereocenters. The number of hydrogen-bond acceptors (Lipinski definition) is 2. The van der Waals surface area contributed by atoms with Gasteiger partial charge in [-0.15, -0.1) is 0 Å². The van der Waals surface area contributed by atoms with Gasteiger partial charge >= 0.3 is 0 Å². The SMILES string of the molecule is CC(C)C(=O)CCCCCCCCCCNC=O. The van der Waals surface area contributed by atoms with Crippen LogP contribution in [0, 0.1) is 5.92 Å². The highest BCUT2D eigenvalue weighted by Gasteiger charge is 2.05. The lowest BCUT2D eigenvalue weighted by Crippen LogP contribution is -2.11. The third-order valence-corrected chi connectivity index (χ3v) is 3.22. The van der Waals surface area contributed by atoms with Crippen molar-refractivity contribution in [3.63, 3.8) is 0 Å². The summed E-state index contributed by atoms with van der Waals surface area (Å²) in [4.78, 5) is 21.4. The lowest BCUT2D eigenvalue weighted by atomic mass is 10.0. The van der Waals surface area contributed by atoms with Crippen molar-refractivity contribution in [2.45, 2.75) is 71.6 Å². The first-order valence-electron chi connectivity index (χ1n) is 7.38. The molecule has 0 saturated carbocycles. The van der Waals surface area contributed by atoms with Gasteiger partial charge in [0.1, 0.15) is 5.78 Å². The number of nitrogens with one attached hydrogen (secondary N) is 1. The molecule has 0 aliphatic carbocycles. The molecule has 0 aromatic carbocycles. The second-order valence-corrected chi connectivity index (χ2v) is 5.27. The van der Waals surface area contributed by atoms with Gasteiger partial charge in [-0.2, -0.15) is 0 Å². The van der Waals surface area contributed by atoms with Crippen molar-refractivity contribution in [1.82, 2.24) is 5.32 Å². The van der Waals surface area contributed by atoms with Gasteiger partial charge in [-0.3, -0.25) is 9.59 Å². The van der Waals surface area contributed by atoms with Gasteiger partial charge in [0.2, 0.25) is 6.41 Å². The number of hydrogen-bond donors (Lipinski definition) is 1. The van der Waals surface area contributed by atoms with Gasteiger partial charge in [-0.25, -0.2) is 0 Å². The first kappa shape index (κ1) is 17.1. The van der Waals surface area contributed by atoms with Gasteiger partial charge < -0.3 is 5.32 Å². The second kappa shape index (κ2) is 12.6. The van der Waals surface area contributed by atoms with Crippen LogP contribution in [0.5, 0.6) is 0 Å². The number of Topliss-reactive ketones (excluding diaryl/α,β-unsaturated/α-hetero) is 1. The molecule has 18 heavy (non-hydrogen) atoms. The first-order valence-corrected chi connectivity index (χ1v) is 7.38. The van der Waals surface area contributed by atoms with E-state index < -0.39 is 0 Å². The average molecular weight is 255 g/mol. The third-order valence-electron chi connectivity index (χ3n) is 3.22. The fourth-order valence-corrected chi connectivity index (χ4v) is 1.93. The zero-order valence-electron chi connectivity index (χ0n) is 12.0. The van der Waals surface area contributed by atoms with Crippen LogP contribution >= 0.6 is 0 Å². The monoisotopic (exact) mass is 255 g/mol. The number of carbonyl (C=O) groups excluding carboxylic acids is 2. The second-order valence-electron chi connectivity index (χ2n) is 5.27. The fraction of sp³-hybridized carbons (Fsp3) is 0.867. The molecular formula is C15H29NO2. The van der Waals surface area contributed by atoms with Crippen LogP contribution in [0.25, 0.3) is 0 Å². The predicted octanol–water partition coefficient (Wildman–Crippen LogP) is 3.47. The smallest absolute Gasteiger partial charge is 0.207 e. The molecule has 0 radical (unpaired) electrons. The number of carbonyl (C=O) groups is 2. The van der Waals surface area contributed by atoms with Crippen LogP contribution in [-0.2, 0) is 9.59 Å². The van der Waals surface area contributed by atoms with Gasteiger partial charge in [-0.05, 0) is 12.8 Å². The van der Waals surface area contributed by atoms with Gasteiger partial charge in [0.15, 0.2) is 0 Å². The van der Waals surface area contributed by atoms with E-state index in [0.717, 1.165) is 32.2 Å². The predicted molar refractivity (Wildman–Crippen MR) is 75.5 cm³/mol. The molecule has 0 rings (SSSR count). The minimum Gasteiger partial charge on any atom is -0.359 e. The van der Waals surface area contributed by atoms with E-state index in [1.54, 1.807) is 0 Å². The molecule has 3 heteroatoms. The molecule has 1 N–H and O–H groups in total. The molecule has 0 aliphatic rings. The summed E-state index contributed by atoms with van der Waals surface area (Å²) in [6.45, 7) is 4.75. The lowest BCUT2D eigenvalue weighted by Gasteiger charge is -2.04. The Kier molecular flexibility index (Phi) is 12.0. The zero-order valence-corrected chi connectivity index (χ0v) is 12.0. The van der Waals surface area contributed by atoms with E-state index in [-0.39, 0.29) is 5.92 Å². The summed E-state index contributed by atoms with van der Waals surface area (Å²) >= 11 is 0. The zero-order chi connectivity index (χ0) is 13.6. The average Bonchev–Trinajstić information content (AvgIpc) is 2.35. The van der Waals surface area contributed by atoms with E-state index in [1.807, 2.05) is 13.8 Å². The van der Waals surface area contributed by atoms with Gasteiger partial charge in [0.05, 0.1) is 0 Å². The van der Waals surface area contributed by atoms with Crippen molar-refractivity contribution in [3.05, 3.63) is 0 Å². The van der Waals surface area contributed by atoms with E-state index >= 15 is 0 Å². The van der Waals surface area contributed by atoms with Crippen LogP contribution in [0.3, 0.4) is 0 Å². The molecule has 0 saturated heterocycles. The molecule has 0 heterocycles. The molecule has 0 aromatic rings. The Labute approximate surface area is 112 Å². The molecular weight excluding hydrogens is 226 g/mol. The molecule has 0 aromatic heterocycles. The maximum atomic E-state index is 11.4. The van der Waals surface area contributed by atoms with Crippen LogP contribution in [0.4, 0.5) is 0 Å². The van der Waals surface area contributed by atoms with E-state index in [1.165, 1.54) is 38.5 Å². The Bertz CT molecular complexity index is 215. The summed E-state index contributed by atoms with van der Waals surface area (Å²) in [5, 5.41) is 2.67. The summed E-state index contributed by atoms with van der Waals surface area (Å²) in [6.07, 6.45) is 11.1. The fourth-order valence-electron chi connectivity index (χ4n) is 1.93. The maximum Gasteiger partial charge on any atom is 0.207 e. The van der Waals surface area contributed by atoms with Crippen LogP contribution < -0.4 is 5.32 Å². The number of unbranched alkanes of at least 4 members (excludes halogenated alkanes) is 7. The Morgan fingerprint density at radius 1 is 0.944 bits per heavy atom. The molecule has 1 amide bonds. The van der Waals surface area contributed by atoms with E-state index in [4.69, 9.17) is 0 Å². The highest BCUT2D eigenvalue weighted by molar-refractivity contribution is 5.80. The van der Waals surface area contributed by atoms with Gasteiger partial charge in [0, 0.05) is 18.9 Å². The quantitative estimate of drug-likeness (QED) is 0.404. The Morgan fingerprint density at radius 3 is 1.94 bits per heavy atom. The summed E-state index contributed by atoms with van der Waals surface area (Å²) in [5.41, 5.74) is 0. The van der Waals surface area contributed by atoms with E-state index in [9.17, 15) is 9.59 Å². The van der Waals surface area contributed by atoms with Crippen LogP contribution in [0.1, 0.15) is 71.6 Å². The minimum atomic E-state index is 0.199. The van der Waals surface area contributed by atoms with Gasteiger partial charge in [-0.1, -0.05) is 52.4 Å². The first-order chi connectivity index (χ1) is 8.68. The Morgan fingerprint density at radius 2 is 1.44 bits per heavy atom. The van der Waals surface area contributed by atoms with Crippen molar-refractivity contribution in [2.75, 3.05) is 6.54 Å². The summed E-state index contributed by atoms with van der Waals surface area (Å²) in [5.74, 6) is 0.600.